The second kappa shape index (κ2) is 6.15. The molecule has 1 atom stereocenters. The largest absolute Gasteiger partial charge is 0.465 e. The van der Waals surface area contributed by atoms with E-state index in [1.54, 1.807) is 16.8 Å². The predicted molar refractivity (Wildman–Crippen MR) is 95.1 cm³/mol. The van der Waals surface area contributed by atoms with Crippen molar-refractivity contribution in [1.29, 1.82) is 0 Å². The quantitative estimate of drug-likeness (QED) is 0.584. The molecule has 0 fully saturated rings. The average molecular weight is 368 g/mol. The molecular weight excluding hydrogens is 348 g/mol. The molecule has 0 bridgehead atoms. The molecule has 0 amide bonds. The molecule has 4 rings (SSSR count). The highest BCUT2D eigenvalue weighted by Crippen LogP contribution is 2.37. The highest BCUT2D eigenvalue weighted by atomic mass is 16.5. The third-order valence-electron chi connectivity index (χ3n) is 4.14. The van der Waals surface area contributed by atoms with Crippen molar-refractivity contribution < 1.29 is 9.26 Å². The molecular formula is C17H20N8O2. The summed E-state index contributed by atoms with van der Waals surface area (Å²) in [7, 11) is 0. The molecule has 0 aromatic carbocycles. The molecule has 140 valence electrons. The van der Waals surface area contributed by atoms with E-state index in [2.05, 4.69) is 56.4 Å². The zero-order valence-electron chi connectivity index (χ0n) is 15.8. The molecule has 4 aromatic rings. The second-order valence-electron chi connectivity index (χ2n) is 7.35. The summed E-state index contributed by atoms with van der Waals surface area (Å²) in [5.74, 6) is 2.28. The van der Waals surface area contributed by atoms with Gasteiger partial charge in [-0.15, -0.1) is 10.2 Å². The Morgan fingerprint density at radius 1 is 1.30 bits per heavy atom. The van der Waals surface area contributed by atoms with Gasteiger partial charge in [-0.2, -0.15) is 10.2 Å². The maximum atomic E-state index is 6.13. The van der Waals surface area contributed by atoms with Crippen molar-refractivity contribution in [3.05, 3.63) is 35.7 Å². The first-order valence-electron chi connectivity index (χ1n) is 8.55. The molecule has 4 aromatic heterocycles. The third kappa shape index (κ3) is 3.03. The van der Waals surface area contributed by atoms with Crippen LogP contribution < -0.4 is 4.74 Å². The number of hydrogen-bond donors (Lipinski definition) is 1. The highest BCUT2D eigenvalue weighted by molar-refractivity contribution is 5.64. The van der Waals surface area contributed by atoms with Crippen molar-refractivity contribution in [2.45, 2.75) is 46.1 Å². The third-order valence-corrected chi connectivity index (χ3v) is 4.14. The van der Waals surface area contributed by atoms with Crippen LogP contribution in [0.5, 0.6) is 5.88 Å². The summed E-state index contributed by atoms with van der Waals surface area (Å²) in [4.78, 5) is 4.15. The van der Waals surface area contributed by atoms with Crippen molar-refractivity contribution in [3.63, 3.8) is 0 Å². The van der Waals surface area contributed by atoms with E-state index in [1.807, 2.05) is 13.8 Å². The van der Waals surface area contributed by atoms with E-state index < -0.39 is 0 Å². The van der Waals surface area contributed by atoms with Crippen LogP contribution in [-0.2, 0) is 5.41 Å². The smallest absolute Gasteiger partial charge is 0.238 e. The lowest BCUT2D eigenvalue weighted by molar-refractivity contribution is 0.202. The molecule has 1 N–H and O–H groups in total. The number of hydrogen-bond acceptors (Lipinski definition) is 8. The minimum atomic E-state index is -0.350. The molecule has 10 nitrogen and oxygen atoms in total. The number of nitrogens with zero attached hydrogens (tertiary/aromatic N) is 7. The van der Waals surface area contributed by atoms with Crippen molar-refractivity contribution in [2.24, 2.45) is 0 Å². The SMILES string of the molecule is Cc1cc(-c2nncc3c(C(C)(C)C)c(OC(C)c4ncn[nH]4)nn23)no1. The van der Waals surface area contributed by atoms with E-state index in [1.165, 1.54) is 6.33 Å². The van der Waals surface area contributed by atoms with E-state index in [4.69, 9.17) is 9.26 Å². The predicted octanol–water partition coefficient (Wildman–Crippen LogP) is 2.64. The maximum absolute atomic E-state index is 6.13. The molecule has 0 aliphatic heterocycles. The number of rotatable bonds is 4. The van der Waals surface area contributed by atoms with Gasteiger partial charge < -0.3 is 9.26 Å². The highest BCUT2D eigenvalue weighted by Gasteiger charge is 2.29. The maximum Gasteiger partial charge on any atom is 0.238 e. The first-order chi connectivity index (χ1) is 12.8. The van der Waals surface area contributed by atoms with Gasteiger partial charge in [0.25, 0.3) is 0 Å². The number of aromatic nitrogens is 8. The Morgan fingerprint density at radius 2 is 2.11 bits per heavy atom. The molecule has 0 spiro atoms. The fraction of sp³-hybridized carbons (Fsp3) is 0.412. The lowest BCUT2D eigenvalue weighted by atomic mass is 9.88. The van der Waals surface area contributed by atoms with E-state index in [-0.39, 0.29) is 11.5 Å². The summed E-state index contributed by atoms with van der Waals surface area (Å²) < 4.78 is 13.0. The molecule has 0 aliphatic carbocycles. The van der Waals surface area contributed by atoms with Crippen LogP contribution in [0.4, 0.5) is 0 Å². The fourth-order valence-electron chi connectivity index (χ4n) is 2.92. The average Bonchev–Trinajstić information content (AvgIpc) is 3.32. The van der Waals surface area contributed by atoms with Gasteiger partial charge in [0.1, 0.15) is 12.1 Å². The molecule has 27 heavy (non-hydrogen) atoms. The lowest BCUT2D eigenvalue weighted by Gasteiger charge is -2.20. The van der Waals surface area contributed by atoms with Gasteiger partial charge in [-0.05, 0) is 19.3 Å². The lowest BCUT2D eigenvalue weighted by Crippen LogP contribution is -2.14. The van der Waals surface area contributed by atoms with Crippen LogP contribution in [0.3, 0.4) is 0 Å². The van der Waals surface area contributed by atoms with Crippen molar-refractivity contribution in [2.75, 3.05) is 0 Å². The Kier molecular flexibility index (Phi) is 3.90. The van der Waals surface area contributed by atoms with Crippen molar-refractivity contribution in [3.8, 4) is 17.4 Å². The van der Waals surface area contributed by atoms with Crippen LogP contribution in [-0.4, -0.2) is 40.1 Å². The zero-order valence-corrected chi connectivity index (χ0v) is 15.8. The Balaban J connectivity index is 1.88. The number of aromatic amines is 1. The molecule has 1 unspecified atom stereocenters. The summed E-state index contributed by atoms with van der Waals surface area (Å²) in [5.41, 5.74) is 2.04. The normalized spacial score (nSPS) is 13.2. The van der Waals surface area contributed by atoms with Crippen LogP contribution in [0.2, 0.25) is 0 Å². The molecule has 0 aliphatic rings. The summed E-state index contributed by atoms with van der Waals surface area (Å²) in [6, 6.07) is 1.79. The number of aryl methyl sites for hydroxylation is 1. The van der Waals surface area contributed by atoms with Crippen molar-refractivity contribution in [1.82, 2.24) is 40.1 Å². The van der Waals surface area contributed by atoms with Gasteiger partial charge in [-0.1, -0.05) is 25.9 Å². The van der Waals surface area contributed by atoms with Crippen LogP contribution >= 0.6 is 0 Å². The van der Waals surface area contributed by atoms with Gasteiger partial charge in [0, 0.05) is 11.6 Å². The van der Waals surface area contributed by atoms with Crippen LogP contribution in [0.15, 0.2) is 23.1 Å². The first-order valence-corrected chi connectivity index (χ1v) is 8.55. The summed E-state index contributed by atoms with van der Waals surface area (Å²) in [6.45, 7) is 9.99. The Morgan fingerprint density at radius 3 is 2.74 bits per heavy atom. The second-order valence-corrected chi connectivity index (χ2v) is 7.35. The van der Waals surface area contributed by atoms with Crippen molar-refractivity contribution >= 4 is 5.52 Å². The first kappa shape index (κ1) is 17.1. The van der Waals surface area contributed by atoms with E-state index >= 15 is 0 Å². The van der Waals surface area contributed by atoms with Gasteiger partial charge in [0.2, 0.25) is 11.7 Å². The number of H-pyrrole nitrogens is 1. The minimum Gasteiger partial charge on any atom is -0.465 e. The van der Waals surface area contributed by atoms with Gasteiger partial charge in [0.05, 0.1) is 11.7 Å². The molecule has 10 heteroatoms. The summed E-state index contributed by atoms with van der Waals surface area (Å²) in [5, 5.41) is 23.7. The molecule has 0 saturated carbocycles. The molecule has 0 radical (unpaired) electrons. The number of nitrogens with one attached hydrogen (secondary N) is 1. The van der Waals surface area contributed by atoms with Gasteiger partial charge in [-0.3, -0.25) is 5.10 Å². The number of ether oxygens (including phenoxy) is 1. The Bertz CT molecular complexity index is 1070. The van der Waals surface area contributed by atoms with Gasteiger partial charge in [-0.25, -0.2) is 9.50 Å². The van der Waals surface area contributed by atoms with E-state index in [0.29, 0.717) is 29.0 Å². The van der Waals surface area contributed by atoms with Crippen LogP contribution in [0.25, 0.3) is 17.0 Å². The topological polar surface area (TPSA) is 120 Å². The van der Waals surface area contributed by atoms with Crippen LogP contribution in [0, 0.1) is 6.92 Å². The summed E-state index contributed by atoms with van der Waals surface area (Å²) >= 11 is 0. The van der Waals surface area contributed by atoms with Crippen LogP contribution in [0.1, 0.15) is 50.9 Å². The minimum absolute atomic E-state index is 0.238. The zero-order chi connectivity index (χ0) is 19.2. The van der Waals surface area contributed by atoms with Gasteiger partial charge >= 0.3 is 0 Å². The monoisotopic (exact) mass is 368 g/mol. The molecule has 4 heterocycles. The Hall–Kier alpha value is -3.30. The Labute approximate surface area is 155 Å². The van der Waals surface area contributed by atoms with E-state index in [9.17, 15) is 0 Å². The summed E-state index contributed by atoms with van der Waals surface area (Å²) in [6.07, 6.45) is 2.77. The standard InChI is InChI=1S/C17H20N8O2/c1-9-6-11(24-27-9)15-22-19-7-12-13(17(3,4)5)16(23-25(12)15)26-10(2)14-18-8-20-21-14/h6-8,10H,1-5H3,(H,18,20,21). The van der Waals surface area contributed by atoms with Gasteiger partial charge in [0.15, 0.2) is 17.6 Å². The fourth-order valence-corrected chi connectivity index (χ4v) is 2.92. The number of fused-ring (bicyclic) bond motifs is 1. The molecule has 0 saturated heterocycles. The van der Waals surface area contributed by atoms with E-state index in [0.717, 1.165) is 11.1 Å².